The van der Waals surface area contributed by atoms with Crippen molar-refractivity contribution >= 4 is 0 Å². The van der Waals surface area contributed by atoms with Crippen LogP contribution in [-0.4, -0.2) is 5.11 Å². The van der Waals surface area contributed by atoms with E-state index in [2.05, 4.69) is 35.8 Å². The molecule has 2 nitrogen and oxygen atoms in total. The lowest BCUT2D eigenvalue weighted by molar-refractivity contribution is -0.688. The second kappa shape index (κ2) is 4.90. The Balaban J connectivity index is 2.20. The van der Waals surface area contributed by atoms with E-state index in [9.17, 15) is 0 Å². The molecule has 0 aliphatic rings. The molecule has 2 heteroatoms. The van der Waals surface area contributed by atoms with Crippen LogP contribution in [0, 0.1) is 6.92 Å². The molecule has 1 heterocycles. The second-order valence-electron chi connectivity index (χ2n) is 4.03. The van der Waals surface area contributed by atoms with Gasteiger partial charge in [0, 0.05) is 17.2 Å². The van der Waals surface area contributed by atoms with Crippen LogP contribution in [0.2, 0.25) is 0 Å². The molecule has 0 radical (unpaired) electrons. The standard InChI is InChI=1S/C14H16NO/c1-12-4-2-5-13(8-12)9-15-7-3-6-14(10-15)11-16/h2-8,10,16H,9,11H2,1H3/q+1. The molecule has 0 unspecified atom stereocenters. The van der Waals surface area contributed by atoms with Crippen LogP contribution >= 0.6 is 0 Å². The van der Waals surface area contributed by atoms with Gasteiger partial charge >= 0.3 is 0 Å². The van der Waals surface area contributed by atoms with Crippen molar-refractivity contribution in [1.29, 1.82) is 0 Å². The van der Waals surface area contributed by atoms with Gasteiger partial charge in [0.25, 0.3) is 0 Å². The lowest BCUT2D eigenvalue weighted by Gasteiger charge is -2.00. The number of hydrogen-bond acceptors (Lipinski definition) is 1. The highest BCUT2D eigenvalue weighted by molar-refractivity contribution is 5.21. The van der Waals surface area contributed by atoms with Crippen LogP contribution in [0.5, 0.6) is 0 Å². The van der Waals surface area contributed by atoms with Crippen LogP contribution in [0.3, 0.4) is 0 Å². The molecule has 1 aromatic carbocycles. The summed E-state index contributed by atoms with van der Waals surface area (Å²) in [5, 5.41) is 9.06. The monoisotopic (exact) mass is 214 g/mol. The third-order valence-electron chi connectivity index (χ3n) is 2.55. The minimum atomic E-state index is 0.0919. The zero-order valence-electron chi connectivity index (χ0n) is 9.43. The van der Waals surface area contributed by atoms with Crippen LogP contribution < -0.4 is 4.57 Å². The summed E-state index contributed by atoms with van der Waals surface area (Å²) in [7, 11) is 0. The van der Waals surface area contributed by atoms with Crippen molar-refractivity contribution in [2.24, 2.45) is 0 Å². The first-order chi connectivity index (χ1) is 7.78. The van der Waals surface area contributed by atoms with Gasteiger partial charge in [0.05, 0.1) is 6.61 Å². The molecule has 0 amide bonds. The van der Waals surface area contributed by atoms with Crippen LogP contribution in [-0.2, 0) is 13.2 Å². The Kier molecular flexibility index (Phi) is 3.32. The predicted molar refractivity (Wildman–Crippen MR) is 62.8 cm³/mol. The zero-order valence-corrected chi connectivity index (χ0v) is 9.43. The van der Waals surface area contributed by atoms with Crippen LogP contribution in [0.15, 0.2) is 48.8 Å². The van der Waals surface area contributed by atoms with Crippen molar-refractivity contribution in [3.05, 3.63) is 65.5 Å². The minimum absolute atomic E-state index is 0.0919. The zero-order chi connectivity index (χ0) is 11.4. The third-order valence-corrected chi connectivity index (χ3v) is 2.55. The molecule has 0 fully saturated rings. The van der Waals surface area contributed by atoms with Gasteiger partial charge in [-0.2, -0.15) is 0 Å². The summed E-state index contributed by atoms with van der Waals surface area (Å²) in [6, 6.07) is 12.3. The van der Waals surface area contributed by atoms with E-state index in [-0.39, 0.29) is 6.61 Å². The first-order valence-electron chi connectivity index (χ1n) is 5.42. The Hall–Kier alpha value is -1.67. The molecule has 2 aromatic rings. The number of aliphatic hydroxyl groups excluding tert-OH is 1. The number of hydrogen-bond donors (Lipinski definition) is 1. The Morgan fingerprint density at radius 3 is 2.69 bits per heavy atom. The van der Waals surface area contributed by atoms with E-state index in [1.807, 2.05) is 24.5 Å². The summed E-state index contributed by atoms with van der Waals surface area (Å²) in [6.45, 7) is 3.03. The lowest BCUT2D eigenvalue weighted by Crippen LogP contribution is -2.33. The molecular formula is C14H16NO+. The number of aromatic nitrogens is 1. The first kappa shape index (κ1) is 10.8. The van der Waals surface area contributed by atoms with E-state index in [1.165, 1.54) is 11.1 Å². The molecule has 0 atom stereocenters. The molecule has 1 N–H and O–H groups in total. The number of rotatable bonds is 3. The fourth-order valence-corrected chi connectivity index (χ4v) is 1.79. The van der Waals surface area contributed by atoms with Crippen LogP contribution in [0.4, 0.5) is 0 Å². The number of pyridine rings is 1. The Morgan fingerprint density at radius 1 is 1.12 bits per heavy atom. The smallest absolute Gasteiger partial charge is 0.174 e. The van der Waals surface area contributed by atoms with Gasteiger partial charge in [0.15, 0.2) is 18.9 Å². The van der Waals surface area contributed by atoms with E-state index in [4.69, 9.17) is 5.11 Å². The van der Waals surface area contributed by atoms with Gasteiger partial charge in [0.1, 0.15) is 0 Å². The van der Waals surface area contributed by atoms with Crippen molar-refractivity contribution in [3.8, 4) is 0 Å². The molecule has 0 saturated carbocycles. The highest BCUT2D eigenvalue weighted by atomic mass is 16.3. The maximum Gasteiger partial charge on any atom is 0.174 e. The fraction of sp³-hybridized carbons (Fsp3) is 0.214. The van der Waals surface area contributed by atoms with Crippen molar-refractivity contribution in [1.82, 2.24) is 0 Å². The summed E-state index contributed by atoms with van der Waals surface area (Å²) in [5.74, 6) is 0. The van der Waals surface area contributed by atoms with Crippen LogP contribution in [0.25, 0.3) is 0 Å². The van der Waals surface area contributed by atoms with Crippen molar-refractivity contribution in [2.75, 3.05) is 0 Å². The molecule has 0 bridgehead atoms. The number of nitrogens with zero attached hydrogens (tertiary/aromatic N) is 1. The molecule has 2 rings (SSSR count). The number of aliphatic hydroxyl groups is 1. The summed E-state index contributed by atoms with van der Waals surface area (Å²) in [5.41, 5.74) is 3.49. The molecule has 0 aliphatic carbocycles. The van der Waals surface area contributed by atoms with Gasteiger partial charge in [0.2, 0.25) is 0 Å². The van der Waals surface area contributed by atoms with Gasteiger partial charge in [-0.25, -0.2) is 4.57 Å². The Labute approximate surface area is 95.8 Å². The van der Waals surface area contributed by atoms with E-state index >= 15 is 0 Å². The third kappa shape index (κ3) is 2.67. The van der Waals surface area contributed by atoms with Gasteiger partial charge in [-0.05, 0) is 19.1 Å². The number of benzene rings is 1. The quantitative estimate of drug-likeness (QED) is 0.774. The van der Waals surface area contributed by atoms with Crippen molar-refractivity contribution < 1.29 is 9.67 Å². The normalized spacial score (nSPS) is 10.4. The topological polar surface area (TPSA) is 24.1 Å². The maximum absolute atomic E-state index is 9.06. The van der Waals surface area contributed by atoms with Gasteiger partial charge in [-0.1, -0.05) is 23.8 Å². The number of aryl methyl sites for hydroxylation is 1. The lowest BCUT2D eigenvalue weighted by atomic mass is 10.1. The Morgan fingerprint density at radius 2 is 1.94 bits per heavy atom. The highest BCUT2D eigenvalue weighted by Gasteiger charge is 2.03. The van der Waals surface area contributed by atoms with E-state index < -0.39 is 0 Å². The highest BCUT2D eigenvalue weighted by Crippen LogP contribution is 2.03. The Bertz CT molecular complexity index is 480. The second-order valence-corrected chi connectivity index (χ2v) is 4.03. The maximum atomic E-state index is 9.06. The molecule has 16 heavy (non-hydrogen) atoms. The summed E-state index contributed by atoms with van der Waals surface area (Å²) in [4.78, 5) is 0. The van der Waals surface area contributed by atoms with Crippen molar-refractivity contribution in [2.45, 2.75) is 20.1 Å². The van der Waals surface area contributed by atoms with E-state index in [1.54, 1.807) is 0 Å². The van der Waals surface area contributed by atoms with Gasteiger partial charge in [-0.3, -0.25) is 0 Å². The largest absolute Gasteiger partial charge is 0.391 e. The SMILES string of the molecule is Cc1cccc(C[n+]2cccc(CO)c2)c1. The fourth-order valence-electron chi connectivity index (χ4n) is 1.79. The molecule has 0 aliphatic heterocycles. The molecule has 1 aromatic heterocycles. The predicted octanol–water partition coefficient (Wildman–Crippen LogP) is 1.82. The molecule has 0 spiro atoms. The average molecular weight is 214 g/mol. The van der Waals surface area contributed by atoms with Gasteiger partial charge in [-0.15, -0.1) is 0 Å². The minimum Gasteiger partial charge on any atom is -0.391 e. The summed E-state index contributed by atoms with van der Waals surface area (Å²) in [6.07, 6.45) is 3.99. The van der Waals surface area contributed by atoms with Crippen molar-refractivity contribution in [3.63, 3.8) is 0 Å². The van der Waals surface area contributed by atoms with Gasteiger partial charge < -0.3 is 5.11 Å². The van der Waals surface area contributed by atoms with E-state index in [0.29, 0.717) is 0 Å². The first-order valence-corrected chi connectivity index (χ1v) is 5.42. The summed E-state index contributed by atoms with van der Waals surface area (Å²) >= 11 is 0. The molecular weight excluding hydrogens is 198 g/mol. The molecule has 82 valence electrons. The molecule has 0 saturated heterocycles. The van der Waals surface area contributed by atoms with Crippen LogP contribution in [0.1, 0.15) is 16.7 Å². The average Bonchev–Trinajstić information content (AvgIpc) is 2.29. The summed E-state index contributed by atoms with van der Waals surface area (Å²) < 4.78 is 2.08. The van der Waals surface area contributed by atoms with E-state index in [0.717, 1.165) is 12.1 Å².